The van der Waals surface area contributed by atoms with Crippen LogP contribution in [-0.2, 0) is 9.39 Å². The molecule has 1 aromatic heterocycles. The van der Waals surface area contributed by atoms with Gasteiger partial charge in [0, 0.05) is 6.54 Å². The molecule has 1 radical (unpaired) electrons. The van der Waals surface area contributed by atoms with E-state index in [1.54, 1.807) is 32.4 Å². The fraction of sp³-hybridized carbons (Fsp3) is 0.583. The summed E-state index contributed by atoms with van der Waals surface area (Å²) in [6, 6.07) is 7.79. The van der Waals surface area contributed by atoms with Gasteiger partial charge in [-0.3, -0.25) is 4.90 Å². The second-order valence-corrected chi connectivity index (χ2v) is 10.4. The van der Waals surface area contributed by atoms with E-state index in [0.29, 0.717) is 6.54 Å². The maximum absolute atomic E-state index is 12.6. The summed E-state index contributed by atoms with van der Waals surface area (Å²) in [5.41, 5.74) is 0.569. The molecule has 1 aliphatic heterocycles. The van der Waals surface area contributed by atoms with E-state index < -0.39 is 16.8 Å². The molecule has 173 valence electrons. The van der Waals surface area contributed by atoms with Crippen molar-refractivity contribution < 1.29 is 19.3 Å². The summed E-state index contributed by atoms with van der Waals surface area (Å²) in [5, 5.41) is 10.2. The van der Waals surface area contributed by atoms with E-state index in [9.17, 15) is 9.90 Å². The van der Waals surface area contributed by atoms with Crippen LogP contribution in [0.5, 0.6) is 0 Å². The van der Waals surface area contributed by atoms with Crippen LogP contribution < -0.4 is 5.46 Å². The van der Waals surface area contributed by atoms with Crippen molar-refractivity contribution in [2.45, 2.75) is 84.2 Å². The maximum atomic E-state index is 12.6. The average molecular weight is 440 g/mol. The van der Waals surface area contributed by atoms with E-state index in [2.05, 4.69) is 9.97 Å². The number of benzene rings is 1. The summed E-state index contributed by atoms with van der Waals surface area (Å²) < 4.78 is 11.4. The molecule has 32 heavy (non-hydrogen) atoms. The Morgan fingerprint density at radius 3 is 2.41 bits per heavy atom. The Balaban J connectivity index is 1.67. The number of rotatable bonds is 6. The van der Waals surface area contributed by atoms with Crippen molar-refractivity contribution in [2.75, 3.05) is 6.54 Å². The number of aromatic nitrogens is 2. The average Bonchev–Trinajstić information content (AvgIpc) is 3.34. The molecule has 1 unspecified atom stereocenters. The summed E-state index contributed by atoms with van der Waals surface area (Å²) in [6.45, 7) is 13.5. The Bertz CT molecular complexity index is 926. The molecular formula is C24H35BN3O4. The van der Waals surface area contributed by atoms with E-state index in [4.69, 9.17) is 9.39 Å². The van der Waals surface area contributed by atoms with Crippen LogP contribution >= 0.6 is 0 Å². The fourth-order valence-corrected chi connectivity index (χ4v) is 3.34. The number of ether oxygens (including phenoxy) is 1. The predicted octanol–water partition coefficient (Wildman–Crippen LogP) is 3.96. The summed E-state index contributed by atoms with van der Waals surface area (Å²) in [7, 11) is 1.66. The molecule has 0 aliphatic carbocycles. The van der Waals surface area contributed by atoms with Gasteiger partial charge >= 0.3 is 13.6 Å². The summed E-state index contributed by atoms with van der Waals surface area (Å²) >= 11 is 0. The Morgan fingerprint density at radius 1 is 1.16 bits per heavy atom. The summed E-state index contributed by atoms with van der Waals surface area (Å²) in [5.74, 6) is 0.772. The zero-order valence-electron chi connectivity index (χ0n) is 20.2. The molecular weight excluding hydrogens is 405 g/mol. The van der Waals surface area contributed by atoms with Crippen LogP contribution in [0.2, 0.25) is 0 Å². The van der Waals surface area contributed by atoms with Crippen molar-refractivity contribution in [3.8, 4) is 11.3 Å². The number of nitrogens with zero attached hydrogens (tertiary/aromatic N) is 2. The van der Waals surface area contributed by atoms with Crippen molar-refractivity contribution in [3.05, 3.63) is 36.3 Å². The standard InChI is InChI=1S/C24H35BN3O4/c1-22(2,3)31-21(29)28-14-8-9-19(28)20-26-15-18(27-20)16-10-12-17(13-11-16)25-32-24(6,7)23(4,5)30/h10-13,15,19,30H,8-9,14H2,1-7H3,(H,26,27). The van der Waals surface area contributed by atoms with Crippen LogP contribution in [0.3, 0.4) is 0 Å². The van der Waals surface area contributed by atoms with Crippen molar-refractivity contribution >= 4 is 19.0 Å². The number of aromatic amines is 1. The number of likely N-dealkylation sites (tertiary alicyclic amines) is 1. The van der Waals surface area contributed by atoms with Gasteiger partial charge in [-0.2, -0.15) is 0 Å². The molecule has 1 atom stereocenters. The van der Waals surface area contributed by atoms with Crippen molar-refractivity contribution in [2.24, 2.45) is 0 Å². The van der Waals surface area contributed by atoms with Crippen LogP contribution in [0, 0.1) is 0 Å². The maximum Gasteiger partial charge on any atom is 0.410 e. The first kappa shape index (κ1) is 24.3. The Kier molecular flexibility index (Phi) is 6.77. The lowest BCUT2D eigenvalue weighted by molar-refractivity contribution is -0.0893. The van der Waals surface area contributed by atoms with E-state index in [1.807, 2.05) is 58.9 Å². The van der Waals surface area contributed by atoms with Crippen molar-refractivity contribution in [1.29, 1.82) is 0 Å². The minimum Gasteiger partial charge on any atom is -0.444 e. The van der Waals surface area contributed by atoms with Crippen LogP contribution in [0.1, 0.15) is 73.2 Å². The number of imidazole rings is 1. The molecule has 1 fully saturated rings. The van der Waals surface area contributed by atoms with Crippen LogP contribution in [-0.4, -0.2) is 56.9 Å². The lowest BCUT2D eigenvalue weighted by atomic mass is 9.82. The highest BCUT2D eigenvalue weighted by atomic mass is 16.6. The third-order valence-corrected chi connectivity index (χ3v) is 5.98. The molecule has 7 nitrogen and oxygen atoms in total. The molecule has 2 aromatic rings. The van der Waals surface area contributed by atoms with Gasteiger partial charge in [0.2, 0.25) is 0 Å². The third-order valence-electron chi connectivity index (χ3n) is 5.98. The molecule has 3 rings (SSSR count). The van der Waals surface area contributed by atoms with Gasteiger partial charge in [-0.05, 0) is 66.9 Å². The molecule has 0 bridgehead atoms. The summed E-state index contributed by atoms with van der Waals surface area (Å²) in [4.78, 5) is 22.3. The lowest BCUT2D eigenvalue weighted by Gasteiger charge is -2.37. The molecule has 2 N–H and O–H groups in total. The van der Waals surface area contributed by atoms with Crippen LogP contribution in [0.15, 0.2) is 30.5 Å². The first-order valence-corrected chi connectivity index (χ1v) is 11.2. The van der Waals surface area contributed by atoms with Gasteiger partial charge in [0.25, 0.3) is 0 Å². The van der Waals surface area contributed by atoms with Gasteiger partial charge in [0.15, 0.2) is 0 Å². The van der Waals surface area contributed by atoms with E-state index in [0.717, 1.165) is 35.4 Å². The van der Waals surface area contributed by atoms with Gasteiger partial charge in [-0.1, -0.05) is 29.7 Å². The normalized spacial score (nSPS) is 17.5. The fourth-order valence-electron chi connectivity index (χ4n) is 3.34. The highest BCUT2D eigenvalue weighted by molar-refractivity contribution is 6.47. The van der Waals surface area contributed by atoms with Gasteiger partial charge in [0.1, 0.15) is 11.4 Å². The van der Waals surface area contributed by atoms with E-state index in [-0.39, 0.29) is 12.1 Å². The Labute approximate surface area is 191 Å². The molecule has 1 amide bonds. The third kappa shape index (κ3) is 5.72. The molecule has 8 heteroatoms. The van der Waals surface area contributed by atoms with E-state index in [1.165, 1.54) is 0 Å². The predicted molar refractivity (Wildman–Crippen MR) is 126 cm³/mol. The van der Waals surface area contributed by atoms with Gasteiger partial charge < -0.3 is 19.5 Å². The summed E-state index contributed by atoms with van der Waals surface area (Å²) in [6.07, 6.45) is 3.28. The molecule has 0 spiro atoms. The molecule has 1 aromatic carbocycles. The number of hydrogen-bond donors (Lipinski definition) is 2. The second-order valence-electron chi connectivity index (χ2n) is 10.4. The number of carbonyl (C=O) groups excluding carboxylic acids is 1. The SMILES string of the molecule is CC(C)(C)OC(=O)N1CCCC1c1ncc(-c2ccc([B]OC(C)(C)C(C)(C)O)cc2)[nH]1. The molecule has 1 aliphatic rings. The number of amides is 1. The smallest absolute Gasteiger partial charge is 0.410 e. The lowest BCUT2D eigenvalue weighted by Crippen LogP contribution is -2.49. The zero-order chi connectivity index (χ0) is 23.7. The zero-order valence-corrected chi connectivity index (χ0v) is 20.2. The quantitative estimate of drug-likeness (QED) is 0.664. The van der Waals surface area contributed by atoms with Gasteiger partial charge in [-0.15, -0.1) is 0 Å². The Hall–Kier alpha value is -2.32. The first-order valence-electron chi connectivity index (χ1n) is 11.2. The number of hydrogen-bond acceptors (Lipinski definition) is 5. The molecule has 2 heterocycles. The van der Waals surface area contributed by atoms with Gasteiger partial charge in [0.05, 0.1) is 29.1 Å². The Morgan fingerprint density at radius 2 is 1.81 bits per heavy atom. The second kappa shape index (κ2) is 8.91. The number of carbonyl (C=O) groups is 1. The van der Waals surface area contributed by atoms with Crippen molar-refractivity contribution in [1.82, 2.24) is 14.9 Å². The highest BCUT2D eigenvalue weighted by Crippen LogP contribution is 2.32. The van der Waals surface area contributed by atoms with Crippen LogP contribution in [0.4, 0.5) is 4.79 Å². The number of nitrogens with one attached hydrogen (secondary N) is 1. The van der Waals surface area contributed by atoms with Gasteiger partial charge in [-0.25, -0.2) is 9.78 Å². The minimum atomic E-state index is -0.969. The van der Waals surface area contributed by atoms with Crippen molar-refractivity contribution in [3.63, 3.8) is 0 Å². The topological polar surface area (TPSA) is 87.7 Å². The monoisotopic (exact) mass is 440 g/mol. The number of H-pyrrole nitrogens is 1. The molecule has 1 saturated heterocycles. The molecule has 0 saturated carbocycles. The highest BCUT2D eigenvalue weighted by Gasteiger charge is 2.36. The number of aliphatic hydroxyl groups is 1. The first-order chi connectivity index (χ1) is 14.8. The van der Waals surface area contributed by atoms with E-state index >= 15 is 0 Å². The largest absolute Gasteiger partial charge is 0.444 e. The minimum absolute atomic E-state index is 0.108. The van der Waals surface area contributed by atoms with Crippen LogP contribution in [0.25, 0.3) is 11.3 Å².